The van der Waals surface area contributed by atoms with Crippen molar-refractivity contribution in [1.29, 1.82) is 0 Å². The third kappa shape index (κ3) is 6.07. The molecule has 13 nitrogen and oxygen atoms in total. The summed E-state index contributed by atoms with van der Waals surface area (Å²) < 4.78 is 2.04. The van der Waals surface area contributed by atoms with E-state index in [1.165, 1.54) is 9.89 Å². The average molecular weight is 740 g/mol. The SMILES string of the molecule is Cc1sc2c(c1C)C(c1ccc(Cl)cc1)=N[C@@H](CC(=O)NCC1CCN(c3cccc4c3C(O)N(C3CCC(=O)NC3=O)N=C4)C1)c1nnc(C)n1-2. The van der Waals surface area contributed by atoms with Crippen LogP contribution in [0.1, 0.15) is 82.3 Å². The number of hydrogen-bond acceptors (Lipinski definition) is 11. The number of anilines is 1. The Morgan fingerprint density at radius 3 is 2.69 bits per heavy atom. The van der Waals surface area contributed by atoms with Crippen LogP contribution in [0, 0.1) is 26.7 Å². The van der Waals surface area contributed by atoms with Crippen molar-refractivity contribution in [2.45, 2.75) is 64.8 Å². The van der Waals surface area contributed by atoms with Crippen LogP contribution in [0.25, 0.3) is 5.00 Å². The Hall–Kier alpha value is -4.92. The number of thiophene rings is 1. The number of carbonyl (C=O) groups excluding carboxylic acids is 3. The van der Waals surface area contributed by atoms with Gasteiger partial charge in [-0.2, -0.15) is 5.10 Å². The Balaban J connectivity index is 0.979. The molecule has 0 spiro atoms. The van der Waals surface area contributed by atoms with Crippen molar-refractivity contribution in [3.63, 3.8) is 0 Å². The molecule has 52 heavy (non-hydrogen) atoms. The summed E-state index contributed by atoms with van der Waals surface area (Å²) in [6, 6.07) is 12.1. The van der Waals surface area contributed by atoms with E-state index in [9.17, 15) is 19.5 Å². The van der Waals surface area contributed by atoms with Crippen LogP contribution in [0.15, 0.2) is 52.6 Å². The van der Waals surface area contributed by atoms with Gasteiger partial charge in [0.25, 0.3) is 5.91 Å². The van der Waals surface area contributed by atoms with Gasteiger partial charge >= 0.3 is 0 Å². The highest BCUT2D eigenvalue weighted by atomic mass is 35.5. The van der Waals surface area contributed by atoms with Crippen molar-refractivity contribution in [2.75, 3.05) is 24.5 Å². The molecule has 2 aromatic heterocycles. The number of halogens is 1. The summed E-state index contributed by atoms with van der Waals surface area (Å²) in [6.07, 6.45) is 1.92. The number of aliphatic hydroxyl groups is 1. The second-order valence-corrected chi connectivity index (χ2v) is 15.4. The highest BCUT2D eigenvalue weighted by Gasteiger charge is 2.39. The lowest BCUT2D eigenvalue weighted by Gasteiger charge is -2.38. The molecule has 0 bridgehead atoms. The van der Waals surface area contributed by atoms with Gasteiger partial charge in [0.05, 0.1) is 18.3 Å². The molecule has 8 rings (SSSR count). The molecule has 6 heterocycles. The predicted molar refractivity (Wildman–Crippen MR) is 198 cm³/mol. The Kier molecular flexibility index (Phi) is 8.92. The van der Waals surface area contributed by atoms with Crippen molar-refractivity contribution in [2.24, 2.45) is 16.0 Å². The largest absolute Gasteiger partial charge is 0.371 e. The lowest BCUT2D eigenvalue weighted by Crippen LogP contribution is -2.52. The highest BCUT2D eigenvalue weighted by Crippen LogP contribution is 2.40. The maximum atomic E-state index is 13.7. The zero-order chi connectivity index (χ0) is 36.3. The van der Waals surface area contributed by atoms with Crippen molar-refractivity contribution in [1.82, 2.24) is 30.4 Å². The van der Waals surface area contributed by atoms with Crippen molar-refractivity contribution in [3.05, 3.63) is 91.8 Å². The van der Waals surface area contributed by atoms with Crippen LogP contribution in [-0.2, 0) is 14.4 Å². The van der Waals surface area contributed by atoms with Crippen LogP contribution in [0.5, 0.6) is 0 Å². The third-order valence-corrected chi connectivity index (χ3v) is 11.9. The van der Waals surface area contributed by atoms with E-state index >= 15 is 0 Å². The zero-order valence-corrected chi connectivity index (χ0v) is 30.5. The van der Waals surface area contributed by atoms with Crippen molar-refractivity contribution < 1.29 is 19.5 Å². The number of aliphatic hydroxyl groups excluding tert-OH is 1. The third-order valence-electron chi connectivity index (χ3n) is 10.4. The number of amides is 3. The second-order valence-electron chi connectivity index (χ2n) is 13.8. The van der Waals surface area contributed by atoms with E-state index in [0.717, 1.165) is 57.4 Å². The van der Waals surface area contributed by atoms with Gasteiger partial charge in [0.15, 0.2) is 12.1 Å². The number of aryl methyl sites for hydroxylation is 2. The normalized spacial score (nSPS) is 22.4. The number of aliphatic imine (C=N–C) groups is 1. The van der Waals surface area contributed by atoms with E-state index in [1.54, 1.807) is 17.6 Å². The fraction of sp³-hybridized carbons (Fsp3) is 0.378. The average Bonchev–Trinajstić information content (AvgIpc) is 3.81. The molecule has 3 N–H and O–H groups in total. The Morgan fingerprint density at radius 2 is 1.90 bits per heavy atom. The lowest BCUT2D eigenvalue weighted by atomic mass is 9.99. The summed E-state index contributed by atoms with van der Waals surface area (Å²) in [5.74, 6) is 0.633. The molecule has 4 aliphatic heterocycles. The number of aromatic nitrogens is 3. The first kappa shape index (κ1) is 34.2. The minimum atomic E-state index is -1.15. The number of piperidine rings is 1. The highest BCUT2D eigenvalue weighted by molar-refractivity contribution is 7.15. The van der Waals surface area contributed by atoms with Crippen molar-refractivity contribution >= 4 is 58.3 Å². The predicted octanol–water partition coefficient (Wildman–Crippen LogP) is 4.28. The van der Waals surface area contributed by atoms with Crippen LogP contribution < -0.4 is 15.5 Å². The number of rotatable bonds is 7. The first-order valence-electron chi connectivity index (χ1n) is 17.4. The molecule has 0 saturated carbocycles. The van der Waals surface area contributed by atoms with E-state index in [0.29, 0.717) is 29.5 Å². The molecule has 15 heteroatoms. The lowest BCUT2D eigenvalue weighted by molar-refractivity contribution is -0.142. The first-order valence-corrected chi connectivity index (χ1v) is 18.6. The van der Waals surface area contributed by atoms with Gasteiger partial charge in [-0.1, -0.05) is 35.9 Å². The summed E-state index contributed by atoms with van der Waals surface area (Å²) in [7, 11) is 0. The summed E-state index contributed by atoms with van der Waals surface area (Å²) in [5.41, 5.74) is 6.17. The maximum Gasteiger partial charge on any atom is 0.251 e. The summed E-state index contributed by atoms with van der Waals surface area (Å²) in [5, 5.41) is 33.4. The fourth-order valence-corrected chi connectivity index (χ4v) is 8.95. The minimum Gasteiger partial charge on any atom is -0.371 e. The van der Waals surface area contributed by atoms with Gasteiger partial charge in [-0.05, 0) is 63.3 Å². The Bertz CT molecular complexity index is 2160. The molecular weight excluding hydrogens is 702 g/mol. The molecule has 2 saturated heterocycles. The van der Waals surface area contributed by atoms with Crippen molar-refractivity contribution in [3.8, 4) is 5.00 Å². The van der Waals surface area contributed by atoms with Gasteiger partial charge in [0.1, 0.15) is 22.9 Å². The number of nitrogens with zero attached hydrogens (tertiary/aromatic N) is 7. The molecular formula is C37H38ClN9O4S. The maximum absolute atomic E-state index is 13.7. The molecule has 2 fully saturated rings. The first-order chi connectivity index (χ1) is 25.1. The smallest absolute Gasteiger partial charge is 0.251 e. The van der Waals surface area contributed by atoms with E-state index in [4.69, 9.17) is 16.6 Å². The van der Waals surface area contributed by atoms with Crippen LogP contribution in [-0.4, -0.2) is 80.2 Å². The number of nitrogens with one attached hydrogen (secondary N) is 2. The quantitative estimate of drug-likeness (QED) is 0.237. The number of hydrazone groups is 1. The standard InChI is InChI=1S/C37H38ClN9O4S/c1-19-20(2)52-37-31(19)33(23-7-9-25(38)10-8-23)41-26(34-44-43-21(3)46(34)37)15-30(49)39-16-22-13-14-45(18-22)27-6-4-5-24-17-40-47(36(51)32(24)27)28-11-12-29(48)42-35(28)50/h4-10,17,22,26,28,36,51H,11-16,18H2,1-3H3,(H,39,49)(H,42,48,50)/t22?,26-,28?,36?/m0/s1. The van der Waals surface area contributed by atoms with Gasteiger partial charge in [-0.15, -0.1) is 21.5 Å². The minimum absolute atomic E-state index is 0.104. The van der Waals surface area contributed by atoms with Gasteiger partial charge < -0.3 is 15.3 Å². The summed E-state index contributed by atoms with van der Waals surface area (Å²) in [6.45, 7) is 8.01. The molecule has 4 aliphatic rings. The molecule has 3 unspecified atom stereocenters. The zero-order valence-electron chi connectivity index (χ0n) is 29.0. The molecule has 4 atom stereocenters. The summed E-state index contributed by atoms with van der Waals surface area (Å²) in [4.78, 5) is 46.6. The van der Waals surface area contributed by atoms with E-state index in [-0.39, 0.29) is 37.0 Å². The molecule has 0 aliphatic carbocycles. The molecule has 4 aromatic rings. The van der Waals surface area contributed by atoms with Gasteiger partial charge in [0.2, 0.25) is 11.8 Å². The topological polar surface area (TPSA) is 157 Å². The Labute approximate surface area is 309 Å². The van der Waals surface area contributed by atoms with E-state index in [2.05, 4.69) is 44.7 Å². The van der Waals surface area contributed by atoms with Gasteiger partial charge in [0, 0.05) is 63.9 Å². The van der Waals surface area contributed by atoms with Crippen LogP contribution >= 0.6 is 22.9 Å². The van der Waals surface area contributed by atoms with E-state index < -0.39 is 24.2 Å². The number of fused-ring (bicyclic) bond motifs is 4. The number of imide groups is 1. The molecule has 2 aromatic carbocycles. The second kappa shape index (κ2) is 13.6. The number of benzene rings is 2. The molecule has 3 amide bonds. The van der Waals surface area contributed by atoms with Crippen LogP contribution in [0.3, 0.4) is 0 Å². The number of hydrogen-bond donors (Lipinski definition) is 3. The molecule has 0 radical (unpaired) electrons. The molecule has 268 valence electrons. The van der Waals surface area contributed by atoms with Crippen LogP contribution in [0.2, 0.25) is 5.02 Å². The van der Waals surface area contributed by atoms with E-state index in [1.807, 2.05) is 54.0 Å². The Morgan fingerprint density at radius 1 is 1.10 bits per heavy atom. The van der Waals surface area contributed by atoms with Gasteiger partial charge in [-0.25, -0.2) is 0 Å². The monoisotopic (exact) mass is 739 g/mol. The van der Waals surface area contributed by atoms with Crippen LogP contribution in [0.4, 0.5) is 5.69 Å². The summed E-state index contributed by atoms with van der Waals surface area (Å²) >= 11 is 7.92. The van der Waals surface area contributed by atoms with Gasteiger partial charge in [-0.3, -0.25) is 34.3 Å². The number of carbonyl (C=O) groups is 3. The fourth-order valence-electron chi connectivity index (χ4n) is 7.61.